The summed E-state index contributed by atoms with van der Waals surface area (Å²) in [5.74, 6) is 1.87. The first-order valence-corrected chi connectivity index (χ1v) is 12.4. The van der Waals surface area contributed by atoms with Crippen molar-refractivity contribution in [2.75, 3.05) is 19.5 Å². The second-order valence-electron chi connectivity index (χ2n) is 9.49. The van der Waals surface area contributed by atoms with Gasteiger partial charge in [0.2, 0.25) is 11.1 Å². The number of fused-ring (bicyclic) bond motifs is 1. The van der Waals surface area contributed by atoms with Gasteiger partial charge in [-0.25, -0.2) is 9.07 Å². The Kier molecular flexibility index (Phi) is 6.04. The van der Waals surface area contributed by atoms with E-state index in [9.17, 15) is 9.18 Å². The molecule has 0 fully saturated rings. The molecule has 1 aromatic heterocycles. The van der Waals surface area contributed by atoms with Crippen LogP contribution in [0.3, 0.4) is 0 Å². The first kappa shape index (κ1) is 23.4. The van der Waals surface area contributed by atoms with Crippen molar-refractivity contribution in [1.82, 2.24) is 14.8 Å². The number of rotatable bonds is 6. The summed E-state index contributed by atoms with van der Waals surface area (Å²) in [6.07, 6.45) is 1.15. The fourth-order valence-electron chi connectivity index (χ4n) is 4.82. The van der Waals surface area contributed by atoms with Crippen molar-refractivity contribution in [1.29, 1.82) is 0 Å². The molecule has 2 heterocycles. The Morgan fingerprint density at radius 1 is 1.14 bits per heavy atom. The molecule has 1 atom stereocenters. The van der Waals surface area contributed by atoms with E-state index in [4.69, 9.17) is 19.6 Å². The number of nitrogens with one attached hydrogen (secondary N) is 1. The number of hydrogen-bond donors (Lipinski definition) is 1. The maximum atomic E-state index is 14.1. The normalized spacial score (nSPS) is 18.5. The molecule has 0 bridgehead atoms. The van der Waals surface area contributed by atoms with Crippen molar-refractivity contribution < 1.29 is 18.7 Å². The lowest BCUT2D eigenvalue weighted by Gasteiger charge is -2.38. The van der Waals surface area contributed by atoms with Crippen LogP contribution in [0.1, 0.15) is 43.9 Å². The largest absolute Gasteiger partial charge is 0.493 e. The van der Waals surface area contributed by atoms with Gasteiger partial charge in [0.05, 0.1) is 14.2 Å². The Bertz CT molecular complexity index is 1330. The third kappa shape index (κ3) is 4.29. The number of ether oxygens (including phenoxy) is 2. The number of aromatic nitrogens is 3. The molecule has 2 aromatic carbocycles. The number of carbonyl (C=O) groups is 1. The van der Waals surface area contributed by atoms with E-state index in [1.165, 1.54) is 17.8 Å². The Morgan fingerprint density at radius 3 is 2.69 bits per heavy atom. The van der Waals surface area contributed by atoms with Gasteiger partial charge in [-0.1, -0.05) is 55.9 Å². The van der Waals surface area contributed by atoms with Gasteiger partial charge in [0.1, 0.15) is 11.9 Å². The average molecular weight is 495 g/mol. The van der Waals surface area contributed by atoms with E-state index in [1.54, 1.807) is 31.0 Å². The van der Waals surface area contributed by atoms with Crippen LogP contribution in [-0.2, 0) is 10.5 Å². The van der Waals surface area contributed by atoms with Crippen molar-refractivity contribution in [2.24, 2.45) is 5.41 Å². The molecule has 9 heteroatoms. The molecule has 182 valence electrons. The summed E-state index contributed by atoms with van der Waals surface area (Å²) in [4.78, 5) is 18.2. The first-order chi connectivity index (χ1) is 16.8. The number of halogens is 1. The molecule has 2 aliphatic rings. The number of para-hydroxylation sites is 1. The highest BCUT2D eigenvalue weighted by atomic mass is 32.2. The smallest absolute Gasteiger partial charge is 0.227 e. The van der Waals surface area contributed by atoms with Crippen molar-refractivity contribution >= 4 is 23.5 Å². The molecule has 1 N–H and O–H groups in total. The number of methoxy groups -OCH3 is 2. The fraction of sp³-hybridized carbons (Fsp3) is 0.346. The zero-order valence-corrected chi connectivity index (χ0v) is 20.9. The molecule has 1 aliphatic heterocycles. The number of carbonyl (C=O) groups excluding carboxylic acids is 1. The third-order valence-corrected chi connectivity index (χ3v) is 7.24. The van der Waals surface area contributed by atoms with E-state index in [-0.39, 0.29) is 17.0 Å². The van der Waals surface area contributed by atoms with Gasteiger partial charge in [0.25, 0.3) is 0 Å². The van der Waals surface area contributed by atoms with Crippen LogP contribution in [-0.4, -0.2) is 34.8 Å². The van der Waals surface area contributed by atoms with Crippen molar-refractivity contribution in [3.8, 4) is 11.5 Å². The summed E-state index contributed by atoms with van der Waals surface area (Å²) in [6.45, 7) is 4.18. The molecule has 0 saturated heterocycles. The summed E-state index contributed by atoms with van der Waals surface area (Å²) in [7, 11) is 3.17. The molecule has 0 spiro atoms. The molecule has 0 radical (unpaired) electrons. The van der Waals surface area contributed by atoms with Crippen LogP contribution in [0.5, 0.6) is 11.5 Å². The molecular formula is C26H27FN4O3S. The summed E-state index contributed by atoms with van der Waals surface area (Å²) >= 11 is 1.35. The highest BCUT2D eigenvalue weighted by Gasteiger charge is 2.43. The second kappa shape index (κ2) is 9.03. The number of anilines is 1. The Morgan fingerprint density at radius 2 is 1.94 bits per heavy atom. The minimum absolute atomic E-state index is 0.0698. The average Bonchev–Trinajstić information content (AvgIpc) is 3.23. The van der Waals surface area contributed by atoms with Gasteiger partial charge >= 0.3 is 0 Å². The van der Waals surface area contributed by atoms with E-state index in [2.05, 4.69) is 19.2 Å². The Hall–Kier alpha value is -3.33. The van der Waals surface area contributed by atoms with Crippen LogP contribution < -0.4 is 14.8 Å². The zero-order chi connectivity index (χ0) is 24.7. The van der Waals surface area contributed by atoms with Crippen molar-refractivity contribution in [2.45, 2.75) is 43.6 Å². The molecule has 0 saturated carbocycles. The summed E-state index contributed by atoms with van der Waals surface area (Å²) in [6, 6.07) is 11.8. The predicted molar refractivity (Wildman–Crippen MR) is 132 cm³/mol. The van der Waals surface area contributed by atoms with Crippen LogP contribution in [0.25, 0.3) is 0 Å². The predicted octanol–water partition coefficient (Wildman–Crippen LogP) is 5.38. The number of Topliss-reactive ketones (excluding diaryl/α,β-unsaturated/α-hetero) is 1. The molecule has 5 rings (SSSR count). The number of benzene rings is 2. The lowest BCUT2D eigenvalue weighted by Crippen LogP contribution is -2.36. The number of allylic oxidation sites excluding steroid dienone is 2. The van der Waals surface area contributed by atoms with Gasteiger partial charge in [0.15, 0.2) is 17.3 Å². The minimum Gasteiger partial charge on any atom is -0.493 e. The van der Waals surface area contributed by atoms with Gasteiger partial charge in [-0.15, -0.1) is 5.10 Å². The molecule has 0 unspecified atom stereocenters. The van der Waals surface area contributed by atoms with Crippen LogP contribution in [0, 0.1) is 11.2 Å². The molecule has 35 heavy (non-hydrogen) atoms. The zero-order valence-electron chi connectivity index (χ0n) is 20.1. The van der Waals surface area contributed by atoms with Crippen LogP contribution in [0.15, 0.2) is 58.9 Å². The summed E-state index contributed by atoms with van der Waals surface area (Å²) < 4.78 is 27.1. The molecule has 1 aliphatic carbocycles. The van der Waals surface area contributed by atoms with E-state index < -0.39 is 6.04 Å². The number of hydrogen-bond acceptors (Lipinski definition) is 7. The maximum absolute atomic E-state index is 14.1. The number of nitrogens with zero attached hydrogens (tertiary/aromatic N) is 3. The highest BCUT2D eigenvalue weighted by molar-refractivity contribution is 7.98. The quantitative estimate of drug-likeness (QED) is 0.461. The van der Waals surface area contributed by atoms with Crippen LogP contribution in [0.4, 0.5) is 10.3 Å². The Labute approximate surface area is 207 Å². The Balaban J connectivity index is 1.60. The summed E-state index contributed by atoms with van der Waals surface area (Å²) in [5, 5.41) is 8.61. The van der Waals surface area contributed by atoms with Gasteiger partial charge < -0.3 is 14.8 Å². The van der Waals surface area contributed by atoms with Crippen LogP contribution >= 0.6 is 11.8 Å². The van der Waals surface area contributed by atoms with E-state index in [0.29, 0.717) is 52.3 Å². The molecular weight excluding hydrogens is 467 g/mol. The minimum atomic E-state index is -0.523. The molecule has 3 aromatic rings. The number of thioether (sulfide) groups is 1. The lowest BCUT2D eigenvalue weighted by molar-refractivity contribution is -0.118. The standard InChI is InChI=1S/C26H27FN4O3S/c1-26(2)12-18-21(19(32)13-26)22(16-9-7-11-20(33-3)23(16)34-4)31-24(28-18)29-25(30-31)35-14-15-8-5-6-10-17(15)27/h5-11,22H,12-14H2,1-4H3,(H,28,29,30)/t22-/m0/s1. The van der Waals surface area contributed by atoms with E-state index in [1.807, 2.05) is 24.3 Å². The lowest BCUT2D eigenvalue weighted by atomic mass is 9.73. The van der Waals surface area contributed by atoms with Crippen LogP contribution in [0.2, 0.25) is 0 Å². The van der Waals surface area contributed by atoms with Gasteiger partial charge in [-0.2, -0.15) is 4.98 Å². The second-order valence-corrected chi connectivity index (χ2v) is 10.4. The van der Waals surface area contributed by atoms with Gasteiger partial charge in [-0.05, 0) is 29.5 Å². The SMILES string of the molecule is COc1cccc([C@H]2C3=C(CC(C)(C)CC3=O)Nc3nc(SCc4ccccc4F)nn32)c1OC. The van der Waals surface area contributed by atoms with Gasteiger partial charge in [0, 0.05) is 29.0 Å². The van der Waals surface area contributed by atoms with E-state index >= 15 is 0 Å². The van der Waals surface area contributed by atoms with E-state index in [0.717, 1.165) is 11.3 Å². The molecule has 7 nitrogen and oxygen atoms in total. The van der Waals surface area contributed by atoms with Gasteiger partial charge in [-0.3, -0.25) is 4.79 Å². The number of ketones is 1. The third-order valence-electron chi connectivity index (χ3n) is 6.36. The van der Waals surface area contributed by atoms with Crippen molar-refractivity contribution in [3.05, 3.63) is 70.7 Å². The van der Waals surface area contributed by atoms with Crippen molar-refractivity contribution in [3.63, 3.8) is 0 Å². The highest BCUT2D eigenvalue weighted by Crippen LogP contribution is 2.48. The first-order valence-electron chi connectivity index (χ1n) is 11.4. The molecule has 0 amide bonds. The fourth-order valence-corrected chi connectivity index (χ4v) is 5.64. The maximum Gasteiger partial charge on any atom is 0.227 e. The topological polar surface area (TPSA) is 78.3 Å². The summed E-state index contributed by atoms with van der Waals surface area (Å²) in [5.41, 5.74) is 2.70. The monoisotopic (exact) mass is 494 g/mol.